The summed E-state index contributed by atoms with van der Waals surface area (Å²) in [5.74, 6) is 0. The molecular formula is C10H14N2. The predicted octanol–water partition coefficient (Wildman–Crippen LogP) is 1.85. The van der Waals surface area contributed by atoms with Crippen LogP contribution in [0.15, 0.2) is 24.5 Å². The Morgan fingerprint density at radius 3 is 3.67 bits per heavy atom. The Bertz CT molecular complexity index is 500. The van der Waals surface area contributed by atoms with Crippen molar-refractivity contribution in [2.24, 2.45) is 0 Å². The first-order chi connectivity index (χ1) is 8.93. The first-order valence-electron chi connectivity index (χ1n) is 7.64. The van der Waals surface area contributed by atoms with Gasteiger partial charge in [-0.05, 0) is 37.9 Å². The maximum absolute atomic E-state index is 8.39. The summed E-state index contributed by atoms with van der Waals surface area (Å²) in [5.41, 5.74) is 0.154. The Morgan fingerprint density at radius 2 is 2.92 bits per heavy atom. The Hall–Kier alpha value is -0.890. The van der Waals surface area contributed by atoms with Gasteiger partial charge in [0.15, 0.2) is 0 Å². The van der Waals surface area contributed by atoms with E-state index in [1.165, 1.54) is 24.5 Å². The lowest BCUT2D eigenvalue weighted by Gasteiger charge is -2.18. The standard InChI is InChI=1S/C10H14N2/c1-12-7-3-5-10(12)9-4-2-6-11-8-9/h2,4,6,8,10H,3,5,7H2,1H3/t10-/m0/s1/i1D3,3D2,7D2,10D. The van der Waals surface area contributed by atoms with Crippen molar-refractivity contribution in [1.29, 1.82) is 0 Å². The van der Waals surface area contributed by atoms with Gasteiger partial charge in [0.2, 0.25) is 0 Å². The lowest BCUT2D eigenvalue weighted by Crippen LogP contribution is -2.17. The van der Waals surface area contributed by atoms with Crippen LogP contribution in [0.4, 0.5) is 0 Å². The van der Waals surface area contributed by atoms with E-state index in [4.69, 9.17) is 11.0 Å². The predicted molar refractivity (Wildman–Crippen MR) is 48.8 cm³/mol. The molecule has 0 amide bonds. The largest absolute Gasteiger partial charge is 0.299 e. The van der Waals surface area contributed by atoms with Crippen LogP contribution < -0.4 is 0 Å². The number of pyridine rings is 1. The molecule has 2 nitrogen and oxygen atoms in total. The van der Waals surface area contributed by atoms with Crippen molar-refractivity contribution >= 4 is 0 Å². The Kier molecular flexibility index (Phi) is 0.756. The van der Waals surface area contributed by atoms with Gasteiger partial charge >= 0.3 is 0 Å². The Morgan fingerprint density at radius 1 is 1.92 bits per heavy atom. The summed E-state index contributed by atoms with van der Waals surface area (Å²) in [7, 11) is 0. The molecule has 1 fully saturated rings. The summed E-state index contributed by atoms with van der Waals surface area (Å²) in [4.78, 5) is 4.13. The van der Waals surface area contributed by atoms with Gasteiger partial charge in [0.25, 0.3) is 0 Å². The van der Waals surface area contributed by atoms with Gasteiger partial charge in [-0.15, -0.1) is 0 Å². The first kappa shape index (κ1) is 2.81. The average molecular weight is 170 g/mol. The fourth-order valence-electron chi connectivity index (χ4n) is 1.11. The molecule has 0 aliphatic carbocycles. The van der Waals surface area contributed by atoms with Crippen molar-refractivity contribution < 1.29 is 11.0 Å². The third-order valence-corrected chi connectivity index (χ3v) is 1.71. The van der Waals surface area contributed by atoms with Crippen molar-refractivity contribution in [1.82, 2.24) is 9.88 Å². The lowest BCUT2D eigenvalue weighted by atomic mass is 10.1. The molecule has 12 heavy (non-hydrogen) atoms. The third kappa shape index (κ3) is 1.34. The third-order valence-electron chi connectivity index (χ3n) is 1.71. The van der Waals surface area contributed by atoms with Crippen molar-refractivity contribution in [3.63, 3.8) is 0 Å². The molecule has 1 aromatic rings. The lowest BCUT2D eigenvalue weighted by molar-refractivity contribution is 0.317. The molecule has 0 aromatic carbocycles. The zero-order valence-corrected chi connectivity index (χ0v) is 6.41. The van der Waals surface area contributed by atoms with E-state index in [1.807, 2.05) is 0 Å². The summed E-state index contributed by atoms with van der Waals surface area (Å²) in [6, 6.07) is 0.926. The van der Waals surface area contributed by atoms with E-state index in [1.54, 1.807) is 0 Å². The topological polar surface area (TPSA) is 16.1 Å². The van der Waals surface area contributed by atoms with E-state index in [2.05, 4.69) is 4.98 Å². The maximum Gasteiger partial charge on any atom is 0.0519 e. The minimum Gasteiger partial charge on any atom is -0.299 e. The molecule has 1 aliphatic heterocycles. The highest BCUT2D eigenvalue weighted by molar-refractivity contribution is 5.14. The van der Waals surface area contributed by atoms with Gasteiger partial charge in [0.1, 0.15) is 0 Å². The highest BCUT2D eigenvalue weighted by atomic mass is 15.1. The molecule has 2 heterocycles. The fourth-order valence-corrected chi connectivity index (χ4v) is 1.11. The molecule has 0 spiro atoms. The van der Waals surface area contributed by atoms with Gasteiger partial charge in [-0.25, -0.2) is 0 Å². The van der Waals surface area contributed by atoms with Gasteiger partial charge in [-0.1, -0.05) is 6.07 Å². The zero-order chi connectivity index (χ0) is 15.4. The number of likely N-dealkylation sites (tertiary alicyclic amines) is 1. The monoisotopic (exact) mass is 170 g/mol. The van der Waals surface area contributed by atoms with E-state index < -0.39 is 32.3 Å². The molecule has 0 bridgehead atoms. The van der Waals surface area contributed by atoms with Crippen molar-refractivity contribution in [2.45, 2.75) is 18.8 Å². The quantitative estimate of drug-likeness (QED) is 0.639. The molecule has 0 N–H and O–H groups in total. The fraction of sp³-hybridized carbons (Fsp3) is 0.500. The molecule has 1 atom stereocenters. The second kappa shape index (κ2) is 3.23. The van der Waals surface area contributed by atoms with Crippen LogP contribution in [0.25, 0.3) is 0 Å². The smallest absolute Gasteiger partial charge is 0.0519 e. The van der Waals surface area contributed by atoms with Crippen LogP contribution in [0, 0.1) is 0 Å². The molecule has 0 radical (unpaired) electrons. The molecule has 1 aromatic heterocycles. The second-order valence-electron chi connectivity index (χ2n) is 2.49. The molecule has 0 unspecified atom stereocenters. The second-order valence-corrected chi connectivity index (χ2v) is 2.49. The van der Waals surface area contributed by atoms with Crippen LogP contribution >= 0.6 is 0 Å². The highest BCUT2D eigenvalue weighted by Crippen LogP contribution is 2.29. The number of aromatic nitrogens is 1. The van der Waals surface area contributed by atoms with Crippen LogP contribution in [0.3, 0.4) is 0 Å². The molecule has 2 rings (SSSR count). The van der Waals surface area contributed by atoms with Crippen LogP contribution in [-0.4, -0.2) is 23.4 Å². The molecule has 2 heteroatoms. The van der Waals surface area contributed by atoms with Crippen LogP contribution in [0.2, 0.25) is 0 Å². The average Bonchev–Trinajstić information content (AvgIpc) is 2.41. The molecule has 64 valence electrons. The summed E-state index contributed by atoms with van der Waals surface area (Å²) in [6.45, 7) is -5.72. The van der Waals surface area contributed by atoms with E-state index in [9.17, 15) is 0 Å². The maximum atomic E-state index is 8.39. The van der Waals surface area contributed by atoms with Crippen molar-refractivity contribution in [2.75, 3.05) is 13.5 Å². The number of nitrogens with zero attached hydrogens (tertiary/aromatic N) is 2. The van der Waals surface area contributed by atoms with Gasteiger partial charge in [-0.3, -0.25) is 9.88 Å². The normalized spacial score (nSPS) is 50.0. The minimum atomic E-state index is -2.94. The number of hydrogen-bond donors (Lipinski definition) is 0. The first-order valence-corrected chi connectivity index (χ1v) is 3.64. The zero-order valence-electron chi connectivity index (χ0n) is 14.4. The summed E-state index contributed by atoms with van der Waals surface area (Å²) >= 11 is 0. The summed E-state index contributed by atoms with van der Waals surface area (Å²) in [6.07, 6.45) is -0.329. The number of rotatable bonds is 1. The molecule has 0 saturated carbocycles. The van der Waals surface area contributed by atoms with Gasteiger partial charge in [-0.2, -0.15) is 0 Å². The van der Waals surface area contributed by atoms with Gasteiger partial charge in [0, 0.05) is 28.0 Å². The minimum absolute atomic E-state index is 0.154. The Balaban J connectivity index is 2.63. The van der Waals surface area contributed by atoms with Crippen molar-refractivity contribution in [3.05, 3.63) is 30.1 Å². The number of hydrogen-bond acceptors (Lipinski definition) is 2. The Labute approximate surface area is 84.5 Å². The SMILES string of the molecule is [2H]C([2H])([2H])N1C([2H])([2H])C([2H])([2H])C[C@@]1([2H])c1cccnc1. The van der Waals surface area contributed by atoms with Gasteiger partial charge in [0.05, 0.1) is 1.37 Å². The molecule has 1 aliphatic rings. The van der Waals surface area contributed by atoms with E-state index in [-0.39, 0.29) is 5.56 Å². The summed E-state index contributed by atoms with van der Waals surface area (Å²) < 4.78 is 62.0. The van der Waals surface area contributed by atoms with Crippen LogP contribution in [0.5, 0.6) is 0 Å². The summed E-state index contributed by atoms with van der Waals surface area (Å²) in [5, 5.41) is 0. The highest BCUT2D eigenvalue weighted by Gasteiger charge is 2.21. The molecular weight excluding hydrogens is 148 g/mol. The van der Waals surface area contributed by atoms with E-state index in [0.717, 1.165) is 0 Å². The van der Waals surface area contributed by atoms with Crippen LogP contribution in [0.1, 0.15) is 35.3 Å². The van der Waals surface area contributed by atoms with Crippen LogP contribution in [-0.2, 0) is 0 Å². The van der Waals surface area contributed by atoms with E-state index >= 15 is 0 Å². The van der Waals surface area contributed by atoms with Gasteiger partial charge < -0.3 is 0 Å². The van der Waals surface area contributed by atoms with E-state index in [0.29, 0.717) is 4.90 Å². The van der Waals surface area contributed by atoms with Crippen molar-refractivity contribution in [3.8, 4) is 0 Å². The molecule has 1 saturated heterocycles.